The highest BCUT2D eigenvalue weighted by Crippen LogP contribution is 2.23. The van der Waals surface area contributed by atoms with Gasteiger partial charge >= 0.3 is 5.97 Å². The van der Waals surface area contributed by atoms with Crippen molar-refractivity contribution >= 4 is 17.3 Å². The van der Waals surface area contributed by atoms with Gasteiger partial charge in [0.1, 0.15) is 5.54 Å². The topological polar surface area (TPSA) is 40.5 Å². The summed E-state index contributed by atoms with van der Waals surface area (Å²) in [7, 11) is 0. The van der Waals surface area contributed by atoms with E-state index in [2.05, 4.69) is 0 Å². The van der Waals surface area contributed by atoms with Gasteiger partial charge in [-0.25, -0.2) is 0 Å². The van der Waals surface area contributed by atoms with Gasteiger partial charge in [-0.05, 0) is 31.3 Å². The second kappa shape index (κ2) is 5.46. The first kappa shape index (κ1) is 13.2. The summed E-state index contributed by atoms with van der Waals surface area (Å²) in [6.07, 6.45) is 0.613. The molecule has 0 amide bonds. The molecule has 0 aliphatic heterocycles. The summed E-state index contributed by atoms with van der Waals surface area (Å²) in [6.45, 7) is 7.18. The largest absolute Gasteiger partial charge is 0.480 e. The predicted octanol–water partition coefficient (Wildman–Crippen LogP) is 2.82. The zero-order valence-corrected chi connectivity index (χ0v) is 10.9. The van der Waals surface area contributed by atoms with Crippen LogP contribution in [0.3, 0.4) is 0 Å². The molecule has 1 N–H and O–H groups in total. The molecule has 0 bridgehead atoms. The molecule has 1 rings (SSSR count). The lowest BCUT2D eigenvalue weighted by atomic mass is 9.96. The number of hydrogen-bond donors (Lipinski definition) is 1. The van der Waals surface area contributed by atoms with Crippen LogP contribution in [0, 0.1) is 0 Å². The van der Waals surface area contributed by atoms with Crippen molar-refractivity contribution < 1.29 is 9.90 Å². The van der Waals surface area contributed by atoms with Gasteiger partial charge in [-0.1, -0.05) is 19.9 Å². The second-order valence-electron chi connectivity index (χ2n) is 4.03. The van der Waals surface area contributed by atoms with Crippen molar-refractivity contribution in [3.05, 3.63) is 22.4 Å². The number of hydrogen-bond acceptors (Lipinski definition) is 3. The molecule has 0 saturated carbocycles. The van der Waals surface area contributed by atoms with Crippen molar-refractivity contribution in [1.29, 1.82) is 0 Å². The van der Waals surface area contributed by atoms with Gasteiger partial charge in [0, 0.05) is 11.4 Å². The summed E-state index contributed by atoms with van der Waals surface area (Å²) in [4.78, 5) is 14.6. The fourth-order valence-electron chi connectivity index (χ4n) is 1.74. The molecule has 1 unspecified atom stereocenters. The molecule has 1 aromatic rings. The van der Waals surface area contributed by atoms with Crippen LogP contribution in [0.2, 0.25) is 0 Å². The summed E-state index contributed by atoms with van der Waals surface area (Å²) in [5.74, 6) is -0.742. The molecule has 1 atom stereocenters. The summed E-state index contributed by atoms with van der Waals surface area (Å²) < 4.78 is 0. The highest BCUT2D eigenvalue weighted by molar-refractivity contribution is 7.09. The van der Waals surface area contributed by atoms with E-state index in [1.165, 1.54) is 4.88 Å². The molecule has 90 valence electrons. The normalized spacial score (nSPS) is 15.0. The van der Waals surface area contributed by atoms with Crippen LogP contribution in [0.5, 0.6) is 0 Å². The molecule has 1 aromatic heterocycles. The zero-order chi connectivity index (χ0) is 12.2. The molecular weight excluding hydrogens is 222 g/mol. The zero-order valence-electron chi connectivity index (χ0n) is 10.1. The highest BCUT2D eigenvalue weighted by atomic mass is 32.1. The van der Waals surface area contributed by atoms with Crippen molar-refractivity contribution in [3.8, 4) is 0 Å². The van der Waals surface area contributed by atoms with Gasteiger partial charge in [-0.15, -0.1) is 11.3 Å². The van der Waals surface area contributed by atoms with Gasteiger partial charge in [0.15, 0.2) is 0 Å². The van der Waals surface area contributed by atoms with Crippen LogP contribution < -0.4 is 0 Å². The lowest BCUT2D eigenvalue weighted by Crippen LogP contribution is -2.51. The third-order valence-electron chi connectivity index (χ3n) is 3.16. The summed E-state index contributed by atoms with van der Waals surface area (Å²) in [5, 5.41) is 11.3. The molecule has 3 nitrogen and oxygen atoms in total. The molecule has 0 aliphatic carbocycles. The van der Waals surface area contributed by atoms with Crippen LogP contribution in [0.1, 0.15) is 32.1 Å². The van der Waals surface area contributed by atoms with Gasteiger partial charge in [-0.3, -0.25) is 9.69 Å². The van der Waals surface area contributed by atoms with Crippen LogP contribution in [0.25, 0.3) is 0 Å². The Labute approximate surface area is 101 Å². The van der Waals surface area contributed by atoms with Crippen molar-refractivity contribution in [2.24, 2.45) is 0 Å². The average Bonchev–Trinajstić information content (AvgIpc) is 2.77. The van der Waals surface area contributed by atoms with E-state index >= 15 is 0 Å². The smallest absolute Gasteiger partial charge is 0.323 e. The maximum absolute atomic E-state index is 11.3. The monoisotopic (exact) mass is 241 g/mol. The Morgan fingerprint density at radius 3 is 2.62 bits per heavy atom. The maximum atomic E-state index is 11.3. The minimum absolute atomic E-state index is 0.613. The van der Waals surface area contributed by atoms with Crippen molar-refractivity contribution in [2.75, 3.05) is 6.54 Å². The highest BCUT2D eigenvalue weighted by Gasteiger charge is 2.36. The second-order valence-corrected chi connectivity index (χ2v) is 5.06. The average molecular weight is 241 g/mol. The van der Waals surface area contributed by atoms with Crippen LogP contribution in [-0.4, -0.2) is 28.1 Å². The third-order valence-corrected chi connectivity index (χ3v) is 4.02. The first-order chi connectivity index (χ1) is 7.54. The fourth-order valence-corrected chi connectivity index (χ4v) is 2.46. The van der Waals surface area contributed by atoms with Gasteiger partial charge in [0.05, 0.1) is 0 Å². The number of thiophene rings is 1. The van der Waals surface area contributed by atoms with Crippen molar-refractivity contribution in [3.63, 3.8) is 0 Å². The minimum atomic E-state index is -0.765. The lowest BCUT2D eigenvalue weighted by molar-refractivity contribution is -0.151. The summed E-state index contributed by atoms with van der Waals surface area (Å²) in [5.41, 5.74) is -0.765. The Kier molecular flexibility index (Phi) is 4.50. The Balaban J connectivity index is 2.84. The summed E-state index contributed by atoms with van der Waals surface area (Å²) in [6, 6.07) is 4.04. The van der Waals surface area contributed by atoms with E-state index in [-0.39, 0.29) is 0 Å². The standard InChI is InChI=1S/C12H19NO2S/c1-4-12(3,11(14)15)13(5-2)9-10-7-6-8-16-10/h6-8H,4-5,9H2,1-3H3,(H,14,15). The van der Waals surface area contributed by atoms with Gasteiger partial charge in [-0.2, -0.15) is 0 Å². The Morgan fingerprint density at radius 2 is 2.25 bits per heavy atom. The summed E-state index contributed by atoms with van der Waals surface area (Å²) >= 11 is 1.67. The molecule has 0 radical (unpaired) electrons. The molecule has 16 heavy (non-hydrogen) atoms. The maximum Gasteiger partial charge on any atom is 0.323 e. The molecule has 0 spiro atoms. The Bertz CT molecular complexity index is 337. The number of aliphatic carboxylic acids is 1. The van der Waals surface area contributed by atoms with E-state index in [1.807, 2.05) is 36.3 Å². The molecule has 0 aliphatic rings. The Hall–Kier alpha value is -0.870. The fraction of sp³-hybridized carbons (Fsp3) is 0.583. The number of carboxylic acids is 1. The van der Waals surface area contributed by atoms with Gasteiger partial charge in [0.25, 0.3) is 0 Å². The Morgan fingerprint density at radius 1 is 1.56 bits per heavy atom. The van der Waals surface area contributed by atoms with Crippen LogP contribution in [-0.2, 0) is 11.3 Å². The number of nitrogens with zero attached hydrogens (tertiary/aromatic N) is 1. The molecule has 4 heteroatoms. The SMILES string of the molecule is CCN(Cc1cccs1)C(C)(CC)C(=O)O. The van der Waals surface area contributed by atoms with E-state index in [0.29, 0.717) is 13.0 Å². The van der Waals surface area contributed by atoms with E-state index in [1.54, 1.807) is 18.3 Å². The lowest BCUT2D eigenvalue weighted by Gasteiger charge is -2.36. The minimum Gasteiger partial charge on any atom is -0.480 e. The quantitative estimate of drug-likeness (QED) is 0.832. The molecule has 0 aromatic carbocycles. The van der Waals surface area contributed by atoms with E-state index in [0.717, 1.165) is 6.54 Å². The van der Waals surface area contributed by atoms with Crippen LogP contribution >= 0.6 is 11.3 Å². The number of rotatable bonds is 6. The van der Waals surface area contributed by atoms with Gasteiger partial charge in [0.2, 0.25) is 0 Å². The molecule has 1 heterocycles. The van der Waals surface area contributed by atoms with Crippen LogP contribution in [0.15, 0.2) is 17.5 Å². The van der Waals surface area contributed by atoms with Crippen molar-refractivity contribution in [2.45, 2.75) is 39.3 Å². The molecular formula is C12H19NO2S. The number of carbonyl (C=O) groups is 1. The molecule has 0 fully saturated rings. The third kappa shape index (κ3) is 2.62. The number of likely N-dealkylation sites (N-methyl/N-ethyl adjacent to an activating group) is 1. The first-order valence-electron chi connectivity index (χ1n) is 5.55. The van der Waals surface area contributed by atoms with Crippen molar-refractivity contribution in [1.82, 2.24) is 4.90 Å². The van der Waals surface area contributed by atoms with E-state index < -0.39 is 11.5 Å². The van der Waals surface area contributed by atoms with Gasteiger partial charge < -0.3 is 5.11 Å². The predicted molar refractivity (Wildman–Crippen MR) is 66.7 cm³/mol. The van der Waals surface area contributed by atoms with Crippen LogP contribution in [0.4, 0.5) is 0 Å². The van der Waals surface area contributed by atoms with E-state index in [4.69, 9.17) is 0 Å². The molecule has 0 saturated heterocycles. The first-order valence-corrected chi connectivity index (χ1v) is 6.43. The van der Waals surface area contributed by atoms with E-state index in [9.17, 15) is 9.90 Å². The number of carboxylic acid groups (broad SMARTS) is 1.